The molecule has 0 saturated heterocycles. The van der Waals surface area contributed by atoms with Gasteiger partial charge in [0.25, 0.3) is 0 Å². The average Bonchev–Trinajstić information content (AvgIpc) is 2.26. The molecule has 2 atom stereocenters. The van der Waals surface area contributed by atoms with Crippen LogP contribution in [-0.2, 0) is 4.79 Å². The summed E-state index contributed by atoms with van der Waals surface area (Å²) in [7, 11) is 0. The highest BCUT2D eigenvalue weighted by atomic mass is 32.2. The Labute approximate surface area is 113 Å². The fraction of sp³-hybridized carbons (Fsp3) is 0.833. The summed E-state index contributed by atoms with van der Waals surface area (Å²) in [6.45, 7) is 4.63. The zero-order chi connectivity index (χ0) is 14.0. The van der Waals surface area contributed by atoms with Gasteiger partial charge in [-0.25, -0.2) is 4.79 Å². The smallest absolute Gasteiger partial charge is 0.315 e. The number of hydrogen-bond acceptors (Lipinski definition) is 3. The van der Waals surface area contributed by atoms with E-state index >= 15 is 0 Å². The SMILES string of the molecule is CSCC(C)CNC(=O)NC(C)CCCC(=O)O. The molecule has 106 valence electrons. The Morgan fingerprint density at radius 1 is 1.33 bits per heavy atom. The Bertz CT molecular complexity index is 262. The number of carbonyl (C=O) groups excluding carboxylic acids is 1. The van der Waals surface area contributed by atoms with E-state index in [1.54, 1.807) is 11.8 Å². The standard InChI is InChI=1S/C12H24N2O3S/c1-9(8-18-3)7-13-12(17)14-10(2)5-4-6-11(15)16/h9-10H,4-8H2,1-3H3,(H,15,16)(H2,13,14,17). The van der Waals surface area contributed by atoms with Crippen molar-refractivity contribution in [1.82, 2.24) is 10.6 Å². The lowest BCUT2D eigenvalue weighted by Gasteiger charge is -2.16. The number of carbonyl (C=O) groups is 2. The van der Waals surface area contributed by atoms with Crippen molar-refractivity contribution in [2.24, 2.45) is 5.92 Å². The summed E-state index contributed by atoms with van der Waals surface area (Å²) in [6, 6.07) is -0.175. The van der Waals surface area contributed by atoms with E-state index in [4.69, 9.17) is 5.11 Å². The quantitative estimate of drug-likeness (QED) is 0.601. The zero-order valence-electron chi connectivity index (χ0n) is 11.4. The first-order chi connectivity index (χ1) is 8.45. The van der Waals surface area contributed by atoms with Crippen LogP contribution in [0.4, 0.5) is 4.79 Å². The summed E-state index contributed by atoms with van der Waals surface area (Å²) >= 11 is 1.76. The maximum absolute atomic E-state index is 11.5. The molecule has 0 aliphatic heterocycles. The van der Waals surface area contributed by atoms with Crippen LogP contribution in [0, 0.1) is 5.92 Å². The fourth-order valence-corrected chi connectivity index (χ4v) is 2.20. The number of rotatable bonds is 9. The maximum atomic E-state index is 11.5. The monoisotopic (exact) mass is 276 g/mol. The van der Waals surface area contributed by atoms with E-state index in [2.05, 4.69) is 17.6 Å². The number of aliphatic carboxylic acids is 1. The molecule has 2 amide bonds. The molecule has 18 heavy (non-hydrogen) atoms. The minimum Gasteiger partial charge on any atom is -0.481 e. The molecule has 0 spiro atoms. The molecule has 3 N–H and O–H groups in total. The summed E-state index contributed by atoms with van der Waals surface area (Å²) < 4.78 is 0. The van der Waals surface area contributed by atoms with Gasteiger partial charge in [0.1, 0.15) is 0 Å². The third-order valence-corrected chi connectivity index (χ3v) is 3.37. The molecule has 0 saturated carbocycles. The molecule has 0 fully saturated rings. The lowest BCUT2D eigenvalue weighted by atomic mass is 10.1. The van der Waals surface area contributed by atoms with Crippen LogP contribution in [0.25, 0.3) is 0 Å². The van der Waals surface area contributed by atoms with E-state index in [0.717, 1.165) is 5.75 Å². The molecular formula is C12H24N2O3S. The highest BCUT2D eigenvalue weighted by Crippen LogP contribution is 2.03. The van der Waals surface area contributed by atoms with E-state index in [0.29, 0.717) is 25.3 Å². The van der Waals surface area contributed by atoms with Gasteiger partial charge in [0.2, 0.25) is 0 Å². The maximum Gasteiger partial charge on any atom is 0.315 e. The van der Waals surface area contributed by atoms with Crippen LogP contribution in [0.1, 0.15) is 33.1 Å². The first-order valence-corrected chi connectivity index (χ1v) is 7.60. The first-order valence-electron chi connectivity index (χ1n) is 6.20. The third kappa shape index (κ3) is 10.3. The van der Waals surface area contributed by atoms with Crippen LogP contribution in [-0.4, -0.2) is 41.7 Å². The molecule has 0 aliphatic rings. The Hall–Kier alpha value is -0.910. The molecule has 0 heterocycles. The topological polar surface area (TPSA) is 78.4 Å². The van der Waals surface area contributed by atoms with E-state index in [1.807, 2.05) is 13.2 Å². The number of nitrogens with one attached hydrogen (secondary N) is 2. The number of carboxylic acid groups (broad SMARTS) is 1. The Morgan fingerprint density at radius 2 is 2.00 bits per heavy atom. The normalized spacial score (nSPS) is 13.7. The summed E-state index contributed by atoms with van der Waals surface area (Å²) in [4.78, 5) is 21.9. The van der Waals surface area contributed by atoms with Gasteiger partial charge in [-0.1, -0.05) is 6.92 Å². The molecule has 0 bridgehead atoms. The van der Waals surface area contributed by atoms with Crippen LogP contribution in [0.2, 0.25) is 0 Å². The molecule has 0 aromatic heterocycles. The molecule has 5 nitrogen and oxygen atoms in total. The number of carboxylic acids is 1. The van der Waals surface area contributed by atoms with Gasteiger partial charge in [-0.15, -0.1) is 0 Å². The summed E-state index contributed by atoms with van der Waals surface area (Å²) in [6.07, 6.45) is 3.46. The van der Waals surface area contributed by atoms with E-state index in [1.165, 1.54) is 0 Å². The van der Waals surface area contributed by atoms with Crippen LogP contribution in [0.5, 0.6) is 0 Å². The van der Waals surface area contributed by atoms with Gasteiger partial charge >= 0.3 is 12.0 Å². The van der Waals surface area contributed by atoms with Crippen LogP contribution < -0.4 is 10.6 Å². The number of amides is 2. The van der Waals surface area contributed by atoms with Crippen LogP contribution >= 0.6 is 11.8 Å². The van der Waals surface area contributed by atoms with Crippen molar-refractivity contribution < 1.29 is 14.7 Å². The predicted octanol–water partition coefficient (Wildman–Crippen LogP) is 1.93. The zero-order valence-corrected chi connectivity index (χ0v) is 12.2. The van der Waals surface area contributed by atoms with Crippen molar-refractivity contribution in [2.75, 3.05) is 18.6 Å². The molecule has 2 unspecified atom stereocenters. The second-order valence-corrected chi connectivity index (χ2v) is 5.51. The lowest BCUT2D eigenvalue weighted by molar-refractivity contribution is -0.137. The lowest BCUT2D eigenvalue weighted by Crippen LogP contribution is -2.42. The molecule has 6 heteroatoms. The number of hydrogen-bond donors (Lipinski definition) is 3. The highest BCUT2D eigenvalue weighted by Gasteiger charge is 2.09. The first kappa shape index (κ1) is 17.1. The molecule has 0 aliphatic carbocycles. The predicted molar refractivity (Wildman–Crippen MR) is 75.0 cm³/mol. The van der Waals surface area contributed by atoms with Gasteiger partial charge in [0.15, 0.2) is 0 Å². The summed E-state index contributed by atoms with van der Waals surface area (Å²) in [5, 5.41) is 14.1. The van der Waals surface area contributed by atoms with Crippen molar-refractivity contribution in [3.63, 3.8) is 0 Å². The van der Waals surface area contributed by atoms with Crippen LogP contribution in [0.3, 0.4) is 0 Å². The molecule has 0 rings (SSSR count). The Balaban J connectivity index is 3.63. The summed E-state index contributed by atoms with van der Waals surface area (Å²) in [5.74, 6) is 0.680. The fourth-order valence-electron chi connectivity index (χ4n) is 1.52. The van der Waals surface area contributed by atoms with Crippen molar-refractivity contribution in [1.29, 1.82) is 0 Å². The van der Waals surface area contributed by atoms with Crippen molar-refractivity contribution in [3.8, 4) is 0 Å². The minimum absolute atomic E-state index is 0.000191. The highest BCUT2D eigenvalue weighted by molar-refractivity contribution is 7.98. The number of thioether (sulfide) groups is 1. The van der Waals surface area contributed by atoms with Crippen molar-refractivity contribution in [2.45, 2.75) is 39.2 Å². The molecular weight excluding hydrogens is 252 g/mol. The van der Waals surface area contributed by atoms with E-state index in [-0.39, 0.29) is 18.5 Å². The third-order valence-electron chi connectivity index (χ3n) is 2.47. The van der Waals surface area contributed by atoms with E-state index < -0.39 is 5.97 Å². The van der Waals surface area contributed by atoms with Crippen molar-refractivity contribution in [3.05, 3.63) is 0 Å². The Kier molecular flexibility index (Phi) is 9.55. The van der Waals surface area contributed by atoms with Crippen molar-refractivity contribution >= 4 is 23.8 Å². The molecule has 0 radical (unpaired) electrons. The van der Waals surface area contributed by atoms with Gasteiger partial charge in [0, 0.05) is 19.0 Å². The average molecular weight is 276 g/mol. The molecule has 0 aromatic carbocycles. The minimum atomic E-state index is -0.794. The Morgan fingerprint density at radius 3 is 2.56 bits per heavy atom. The van der Waals surface area contributed by atoms with Crippen LogP contribution in [0.15, 0.2) is 0 Å². The largest absolute Gasteiger partial charge is 0.481 e. The summed E-state index contributed by atoms with van der Waals surface area (Å²) in [5.41, 5.74) is 0. The van der Waals surface area contributed by atoms with E-state index in [9.17, 15) is 9.59 Å². The van der Waals surface area contributed by atoms with Gasteiger partial charge in [-0.3, -0.25) is 4.79 Å². The second kappa shape index (κ2) is 10.1. The number of urea groups is 1. The molecule has 0 aromatic rings. The van der Waals surface area contributed by atoms with Gasteiger partial charge in [0.05, 0.1) is 0 Å². The van der Waals surface area contributed by atoms with Gasteiger partial charge < -0.3 is 15.7 Å². The van der Waals surface area contributed by atoms with Gasteiger partial charge in [-0.05, 0) is 37.7 Å². The van der Waals surface area contributed by atoms with Gasteiger partial charge in [-0.2, -0.15) is 11.8 Å². The second-order valence-electron chi connectivity index (χ2n) is 4.60.